The topological polar surface area (TPSA) is 51.2 Å². The lowest BCUT2D eigenvalue weighted by Crippen LogP contribution is -2.34. The van der Waals surface area contributed by atoms with E-state index >= 15 is 0 Å². The van der Waals surface area contributed by atoms with Gasteiger partial charge in [-0.2, -0.15) is 0 Å². The first-order valence-electron chi connectivity index (χ1n) is 5.03. The van der Waals surface area contributed by atoms with Crippen molar-refractivity contribution in [1.29, 1.82) is 0 Å². The predicted molar refractivity (Wildman–Crippen MR) is 65.5 cm³/mol. The van der Waals surface area contributed by atoms with E-state index in [1.54, 1.807) is 36.4 Å². The molecule has 1 unspecified atom stereocenters. The minimum Gasteiger partial charge on any atom is -0.293 e. The van der Waals surface area contributed by atoms with Crippen LogP contribution in [0.1, 0.15) is 0 Å². The molecule has 1 aliphatic carbocycles. The summed E-state index contributed by atoms with van der Waals surface area (Å²) in [7, 11) is -3.58. The zero-order valence-electron chi connectivity index (χ0n) is 8.66. The van der Waals surface area contributed by atoms with Crippen molar-refractivity contribution in [3.63, 3.8) is 0 Å². The maximum Gasteiger partial charge on any atom is 0.194 e. The minimum atomic E-state index is -3.58. The van der Waals surface area contributed by atoms with Crippen LogP contribution in [0.5, 0.6) is 0 Å². The standard InChI is InChI=1S/C12H8O3S2/c13-8-4-3-6-10-12(8)17(14,15)11-7-2-1-5-9(11)16-10/h1-7,12H. The van der Waals surface area contributed by atoms with Crippen molar-refractivity contribution in [2.24, 2.45) is 0 Å². The Morgan fingerprint density at radius 2 is 1.94 bits per heavy atom. The molecule has 0 spiro atoms. The number of sulfone groups is 1. The molecule has 2 aliphatic rings. The van der Waals surface area contributed by atoms with E-state index in [1.165, 1.54) is 17.8 Å². The maximum atomic E-state index is 12.3. The van der Waals surface area contributed by atoms with Crippen LogP contribution in [-0.4, -0.2) is 19.5 Å². The zero-order chi connectivity index (χ0) is 12.0. The molecule has 86 valence electrons. The number of hydrogen-bond acceptors (Lipinski definition) is 4. The Balaban J connectivity index is 2.30. The van der Waals surface area contributed by atoms with E-state index in [4.69, 9.17) is 0 Å². The van der Waals surface area contributed by atoms with Gasteiger partial charge in [0, 0.05) is 9.80 Å². The van der Waals surface area contributed by atoms with Gasteiger partial charge in [-0.25, -0.2) is 8.42 Å². The first-order valence-corrected chi connectivity index (χ1v) is 7.40. The highest BCUT2D eigenvalue weighted by molar-refractivity contribution is 8.06. The van der Waals surface area contributed by atoms with Crippen molar-refractivity contribution in [2.75, 3.05) is 0 Å². The predicted octanol–water partition coefficient (Wildman–Crippen LogP) is 1.96. The summed E-state index contributed by atoms with van der Waals surface area (Å²) < 4.78 is 24.7. The van der Waals surface area contributed by atoms with Crippen LogP contribution in [0.4, 0.5) is 0 Å². The number of carbonyl (C=O) groups is 1. The SMILES string of the molecule is O=C1C=CC=C2Sc3ccccc3S(=O)(=O)C12. The van der Waals surface area contributed by atoms with Crippen molar-refractivity contribution >= 4 is 27.4 Å². The fourth-order valence-electron chi connectivity index (χ4n) is 1.97. The number of rotatable bonds is 0. The Bertz CT molecular complexity index is 669. The molecule has 1 atom stereocenters. The summed E-state index contributed by atoms with van der Waals surface area (Å²) in [4.78, 5) is 13.3. The van der Waals surface area contributed by atoms with E-state index in [2.05, 4.69) is 0 Å². The summed E-state index contributed by atoms with van der Waals surface area (Å²) in [5, 5.41) is -1.03. The second kappa shape index (κ2) is 3.58. The Kier molecular flexibility index (Phi) is 2.27. The molecule has 0 saturated heterocycles. The highest BCUT2D eigenvalue weighted by Gasteiger charge is 2.42. The summed E-state index contributed by atoms with van der Waals surface area (Å²) in [5.41, 5.74) is 0. The number of carbonyl (C=O) groups excluding carboxylic acids is 1. The van der Waals surface area contributed by atoms with Gasteiger partial charge in [-0.3, -0.25) is 4.79 Å². The molecule has 0 aromatic heterocycles. The summed E-state index contributed by atoms with van der Waals surface area (Å²) in [6, 6.07) is 6.79. The first kappa shape index (κ1) is 10.8. The van der Waals surface area contributed by atoms with Crippen LogP contribution in [0.3, 0.4) is 0 Å². The molecule has 0 saturated carbocycles. The highest BCUT2D eigenvalue weighted by atomic mass is 32.2. The average molecular weight is 264 g/mol. The van der Waals surface area contributed by atoms with Gasteiger partial charge in [0.15, 0.2) is 20.9 Å². The minimum absolute atomic E-state index is 0.260. The van der Waals surface area contributed by atoms with E-state index in [-0.39, 0.29) is 10.7 Å². The van der Waals surface area contributed by atoms with Crippen LogP contribution >= 0.6 is 11.8 Å². The smallest absolute Gasteiger partial charge is 0.194 e. The third-order valence-corrected chi connectivity index (χ3v) is 6.27. The maximum absolute atomic E-state index is 12.3. The van der Waals surface area contributed by atoms with Crippen molar-refractivity contribution in [3.8, 4) is 0 Å². The number of allylic oxidation sites excluding steroid dienone is 3. The molecular weight excluding hydrogens is 256 g/mol. The molecule has 1 aromatic rings. The molecule has 5 heteroatoms. The fraction of sp³-hybridized carbons (Fsp3) is 0.0833. The summed E-state index contributed by atoms with van der Waals surface area (Å²) in [6.07, 6.45) is 4.62. The molecular formula is C12H8O3S2. The van der Waals surface area contributed by atoms with Crippen LogP contribution in [0.15, 0.2) is 57.2 Å². The Labute approximate surface area is 103 Å². The monoisotopic (exact) mass is 264 g/mol. The molecule has 1 aliphatic heterocycles. The number of hydrogen-bond donors (Lipinski definition) is 0. The van der Waals surface area contributed by atoms with Gasteiger partial charge in [0.2, 0.25) is 0 Å². The molecule has 0 N–H and O–H groups in total. The average Bonchev–Trinajstić information content (AvgIpc) is 2.28. The Morgan fingerprint density at radius 3 is 2.76 bits per heavy atom. The molecule has 1 heterocycles. The normalized spacial score (nSPS) is 24.8. The van der Waals surface area contributed by atoms with E-state index in [0.29, 0.717) is 9.80 Å². The third-order valence-electron chi connectivity index (χ3n) is 2.73. The lowest BCUT2D eigenvalue weighted by molar-refractivity contribution is -0.113. The molecule has 3 nitrogen and oxygen atoms in total. The van der Waals surface area contributed by atoms with E-state index in [1.807, 2.05) is 0 Å². The van der Waals surface area contributed by atoms with Crippen molar-refractivity contribution in [3.05, 3.63) is 47.4 Å². The summed E-state index contributed by atoms with van der Waals surface area (Å²) in [6.45, 7) is 0. The van der Waals surface area contributed by atoms with Gasteiger partial charge in [-0.15, -0.1) is 0 Å². The number of benzene rings is 1. The first-order chi connectivity index (χ1) is 8.10. The van der Waals surface area contributed by atoms with Crippen LogP contribution in [0.25, 0.3) is 0 Å². The molecule has 0 bridgehead atoms. The van der Waals surface area contributed by atoms with Gasteiger partial charge >= 0.3 is 0 Å². The second-order valence-electron chi connectivity index (χ2n) is 3.80. The lowest BCUT2D eigenvalue weighted by atomic mass is 10.1. The van der Waals surface area contributed by atoms with E-state index < -0.39 is 15.1 Å². The quantitative estimate of drug-likeness (QED) is 0.718. The van der Waals surface area contributed by atoms with Crippen molar-refractivity contribution in [1.82, 2.24) is 0 Å². The van der Waals surface area contributed by atoms with Gasteiger partial charge < -0.3 is 0 Å². The van der Waals surface area contributed by atoms with Crippen LogP contribution in [0, 0.1) is 0 Å². The number of ketones is 1. The second-order valence-corrected chi connectivity index (χ2v) is 6.92. The fourth-order valence-corrected chi connectivity index (χ4v) is 5.55. The lowest BCUT2D eigenvalue weighted by Gasteiger charge is -2.26. The molecule has 17 heavy (non-hydrogen) atoms. The van der Waals surface area contributed by atoms with Crippen LogP contribution < -0.4 is 0 Å². The highest BCUT2D eigenvalue weighted by Crippen LogP contribution is 2.44. The molecule has 0 fully saturated rings. The zero-order valence-corrected chi connectivity index (χ0v) is 10.3. The Hall–Kier alpha value is -1.33. The summed E-state index contributed by atoms with van der Waals surface area (Å²) >= 11 is 1.36. The van der Waals surface area contributed by atoms with Crippen LogP contribution in [0.2, 0.25) is 0 Å². The van der Waals surface area contributed by atoms with Gasteiger partial charge in [0.05, 0.1) is 4.90 Å². The van der Waals surface area contributed by atoms with Gasteiger partial charge in [0.1, 0.15) is 0 Å². The van der Waals surface area contributed by atoms with E-state index in [0.717, 1.165) is 0 Å². The summed E-state index contributed by atoms with van der Waals surface area (Å²) in [5.74, 6) is -0.357. The van der Waals surface area contributed by atoms with Crippen molar-refractivity contribution < 1.29 is 13.2 Å². The van der Waals surface area contributed by atoms with Gasteiger partial charge in [0.25, 0.3) is 0 Å². The molecule has 0 amide bonds. The van der Waals surface area contributed by atoms with E-state index in [9.17, 15) is 13.2 Å². The van der Waals surface area contributed by atoms with Gasteiger partial charge in [-0.05, 0) is 18.2 Å². The largest absolute Gasteiger partial charge is 0.293 e. The molecule has 3 rings (SSSR count). The van der Waals surface area contributed by atoms with Crippen LogP contribution in [-0.2, 0) is 14.6 Å². The van der Waals surface area contributed by atoms with Gasteiger partial charge in [-0.1, -0.05) is 36.0 Å². The molecule has 0 radical (unpaired) electrons. The Morgan fingerprint density at radius 1 is 1.18 bits per heavy atom. The number of thioether (sulfide) groups is 1. The number of fused-ring (bicyclic) bond motifs is 2. The third kappa shape index (κ3) is 1.50. The molecule has 1 aromatic carbocycles. The van der Waals surface area contributed by atoms with Crippen molar-refractivity contribution in [2.45, 2.75) is 15.0 Å².